The van der Waals surface area contributed by atoms with Crippen molar-refractivity contribution in [2.45, 2.75) is 39.5 Å². The van der Waals surface area contributed by atoms with Gasteiger partial charge in [-0.1, -0.05) is 24.0 Å². The van der Waals surface area contributed by atoms with Crippen LogP contribution in [-0.4, -0.2) is 12.6 Å². The maximum absolute atomic E-state index is 10.5. The number of allylic oxidation sites excluding steroid dienone is 2. The van der Waals surface area contributed by atoms with Crippen LogP contribution in [0.1, 0.15) is 39.5 Å². The van der Waals surface area contributed by atoms with Crippen molar-refractivity contribution in [1.29, 1.82) is 0 Å². The molecular weight excluding hydrogens is 224 g/mol. The molecule has 0 saturated heterocycles. The van der Waals surface area contributed by atoms with Gasteiger partial charge in [0.2, 0.25) is 0 Å². The van der Waals surface area contributed by atoms with Crippen molar-refractivity contribution in [3.05, 3.63) is 12.2 Å². The van der Waals surface area contributed by atoms with Crippen molar-refractivity contribution in [2.75, 3.05) is 6.61 Å². The van der Waals surface area contributed by atoms with Crippen LogP contribution in [0.3, 0.4) is 0 Å². The van der Waals surface area contributed by atoms with Gasteiger partial charge in [0, 0.05) is 13.3 Å². The summed E-state index contributed by atoms with van der Waals surface area (Å²) in [7, 11) is 0. The lowest BCUT2D eigenvalue weighted by atomic mass is 10.2. The van der Waals surface area contributed by atoms with Crippen molar-refractivity contribution in [1.82, 2.24) is 0 Å². The van der Waals surface area contributed by atoms with Gasteiger partial charge in [0.1, 0.15) is 0 Å². The molecule has 0 bridgehead atoms. The lowest BCUT2D eigenvalue weighted by molar-refractivity contribution is -0.141. The minimum absolute atomic E-state index is 0.213. The molecule has 0 unspecified atom stereocenters. The van der Waals surface area contributed by atoms with Crippen molar-refractivity contribution in [3.63, 3.8) is 0 Å². The molecule has 0 saturated carbocycles. The summed E-state index contributed by atoms with van der Waals surface area (Å²) >= 11 is 0. The van der Waals surface area contributed by atoms with Crippen LogP contribution in [0.15, 0.2) is 12.2 Å². The van der Waals surface area contributed by atoms with Crippen molar-refractivity contribution < 1.29 is 9.53 Å². The topological polar surface area (TPSA) is 26.3 Å². The molecule has 2 heteroatoms. The summed E-state index contributed by atoms with van der Waals surface area (Å²) in [6.45, 7) is 3.68. The Bertz CT molecular complexity index is 439. The first-order valence-corrected chi connectivity index (χ1v) is 5.95. The third-order valence-corrected chi connectivity index (χ3v) is 1.86. The zero-order chi connectivity index (χ0) is 13.5. The molecule has 0 fully saturated rings. The van der Waals surface area contributed by atoms with E-state index in [0.717, 1.165) is 19.3 Å². The molecule has 0 aliphatic rings. The highest BCUT2D eigenvalue weighted by Crippen LogP contribution is 1.98. The molecule has 0 radical (unpaired) electrons. The molecule has 0 N–H and O–H groups in total. The standard InChI is InChI=1S/C16H18O2/c1-3-4-5-6-7-8-9-10-11-12-13-14-15-18-16(2)17/h10-11H,9,12-15H2,1-2H3. The molecule has 0 spiro atoms. The minimum atomic E-state index is -0.213. The lowest BCUT2D eigenvalue weighted by Gasteiger charge is -1.98. The van der Waals surface area contributed by atoms with Crippen LogP contribution in [0, 0.1) is 35.5 Å². The van der Waals surface area contributed by atoms with Gasteiger partial charge in [-0.15, -0.1) is 0 Å². The van der Waals surface area contributed by atoms with Crippen molar-refractivity contribution in [3.8, 4) is 35.5 Å². The van der Waals surface area contributed by atoms with Crippen LogP contribution in [0.25, 0.3) is 0 Å². The van der Waals surface area contributed by atoms with E-state index in [1.54, 1.807) is 6.92 Å². The maximum Gasteiger partial charge on any atom is 0.302 e. The second-order valence-corrected chi connectivity index (χ2v) is 3.44. The van der Waals surface area contributed by atoms with Crippen LogP contribution >= 0.6 is 0 Å². The van der Waals surface area contributed by atoms with Gasteiger partial charge in [0.25, 0.3) is 0 Å². The highest BCUT2D eigenvalue weighted by molar-refractivity contribution is 5.65. The van der Waals surface area contributed by atoms with Crippen LogP contribution in [0.2, 0.25) is 0 Å². The molecule has 0 aliphatic carbocycles. The number of esters is 1. The Balaban J connectivity index is 3.46. The average molecular weight is 242 g/mol. The molecule has 2 nitrogen and oxygen atoms in total. The Kier molecular flexibility index (Phi) is 11.4. The predicted molar refractivity (Wildman–Crippen MR) is 73.2 cm³/mol. The Morgan fingerprint density at radius 3 is 2.61 bits per heavy atom. The van der Waals surface area contributed by atoms with E-state index >= 15 is 0 Å². The van der Waals surface area contributed by atoms with E-state index in [-0.39, 0.29) is 5.97 Å². The number of ether oxygens (including phenoxy) is 1. The van der Waals surface area contributed by atoms with Crippen molar-refractivity contribution >= 4 is 5.97 Å². The molecule has 0 aromatic rings. The highest BCUT2D eigenvalue weighted by atomic mass is 16.5. The molecule has 18 heavy (non-hydrogen) atoms. The number of rotatable bonds is 6. The normalized spacial score (nSPS) is 8.33. The van der Waals surface area contributed by atoms with Gasteiger partial charge in [0.15, 0.2) is 0 Å². The van der Waals surface area contributed by atoms with Gasteiger partial charge in [-0.05, 0) is 49.9 Å². The van der Waals surface area contributed by atoms with E-state index in [4.69, 9.17) is 4.74 Å². The molecule has 0 rings (SSSR count). The first kappa shape index (κ1) is 15.9. The summed E-state index contributed by atoms with van der Waals surface area (Å²) < 4.78 is 4.82. The zero-order valence-electron chi connectivity index (χ0n) is 11.0. The molecule has 0 amide bonds. The molecular formula is C16H18O2. The lowest BCUT2D eigenvalue weighted by Crippen LogP contribution is -1.99. The third kappa shape index (κ3) is 13.9. The number of unbranched alkanes of at least 4 members (excludes halogenated alkanes) is 2. The predicted octanol–water partition coefficient (Wildman–Crippen LogP) is 2.70. The molecule has 0 heterocycles. The van der Waals surface area contributed by atoms with Crippen LogP contribution < -0.4 is 0 Å². The molecule has 94 valence electrons. The molecule has 0 aromatic heterocycles. The Morgan fingerprint density at radius 1 is 1.11 bits per heavy atom. The second-order valence-electron chi connectivity index (χ2n) is 3.44. The summed E-state index contributed by atoms with van der Waals surface area (Å²) in [6, 6.07) is 0. The fourth-order valence-corrected chi connectivity index (χ4v) is 1.06. The summed E-state index contributed by atoms with van der Waals surface area (Å²) in [4.78, 5) is 10.5. The summed E-state index contributed by atoms with van der Waals surface area (Å²) in [5.41, 5.74) is 0. The van der Waals surface area contributed by atoms with Crippen molar-refractivity contribution in [2.24, 2.45) is 0 Å². The minimum Gasteiger partial charge on any atom is -0.466 e. The van der Waals surface area contributed by atoms with Gasteiger partial charge in [-0.2, -0.15) is 0 Å². The largest absolute Gasteiger partial charge is 0.466 e. The van der Waals surface area contributed by atoms with Gasteiger partial charge >= 0.3 is 5.97 Å². The average Bonchev–Trinajstić information content (AvgIpc) is 2.34. The van der Waals surface area contributed by atoms with E-state index in [1.807, 2.05) is 6.08 Å². The molecule has 0 aromatic carbocycles. The van der Waals surface area contributed by atoms with E-state index in [9.17, 15) is 4.79 Å². The van der Waals surface area contributed by atoms with E-state index in [2.05, 4.69) is 41.6 Å². The van der Waals surface area contributed by atoms with Gasteiger partial charge < -0.3 is 4.74 Å². The smallest absolute Gasteiger partial charge is 0.302 e. The fraction of sp³-hybridized carbons (Fsp3) is 0.438. The molecule has 0 atom stereocenters. The number of hydrogen-bond acceptors (Lipinski definition) is 2. The third-order valence-electron chi connectivity index (χ3n) is 1.86. The summed E-state index contributed by atoms with van der Waals surface area (Å²) in [6.07, 6.45) is 7.71. The quantitative estimate of drug-likeness (QED) is 0.310. The van der Waals surface area contributed by atoms with E-state index in [1.165, 1.54) is 6.92 Å². The monoisotopic (exact) mass is 242 g/mol. The Hall–Kier alpha value is -2.11. The number of hydrogen-bond donors (Lipinski definition) is 0. The SMILES string of the molecule is CC#CC#CC#CCC=CCCCCOC(C)=O. The summed E-state index contributed by atoms with van der Waals surface area (Å²) in [5.74, 6) is 16.0. The maximum atomic E-state index is 10.5. The van der Waals surface area contributed by atoms with Gasteiger partial charge in [-0.25, -0.2) is 0 Å². The number of carbonyl (C=O) groups excluding carboxylic acids is 1. The zero-order valence-corrected chi connectivity index (χ0v) is 11.0. The van der Waals surface area contributed by atoms with Crippen LogP contribution in [0.4, 0.5) is 0 Å². The van der Waals surface area contributed by atoms with Gasteiger partial charge in [0.05, 0.1) is 6.61 Å². The fourth-order valence-electron chi connectivity index (χ4n) is 1.06. The van der Waals surface area contributed by atoms with E-state index < -0.39 is 0 Å². The first-order valence-electron chi connectivity index (χ1n) is 5.95. The van der Waals surface area contributed by atoms with Gasteiger partial charge in [-0.3, -0.25) is 4.79 Å². The second kappa shape index (κ2) is 13.0. The number of carbonyl (C=O) groups is 1. The van der Waals surface area contributed by atoms with E-state index in [0.29, 0.717) is 13.0 Å². The highest BCUT2D eigenvalue weighted by Gasteiger charge is 1.90. The van der Waals surface area contributed by atoms with Crippen LogP contribution in [0.5, 0.6) is 0 Å². The first-order chi connectivity index (χ1) is 8.77. The Labute approximate surface area is 110 Å². The summed E-state index contributed by atoms with van der Waals surface area (Å²) in [5, 5.41) is 0. The Morgan fingerprint density at radius 2 is 1.89 bits per heavy atom. The van der Waals surface area contributed by atoms with Crippen LogP contribution in [-0.2, 0) is 9.53 Å². The molecule has 0 aliphatic heterocycles.